The number of pyridine rings is 1. The summed E-state index contributed by atoms with van der Waals surface area (Å²) in [5.74, 6) is 0.372. The van der Waals surface area contributed by atoms with Gasteiger partial charge in [-0.2, -0.15) is 0 Å². The molecule has 34 heavy (non-hydrogen) atoms. The van der Waals surface area contributed by atoms with E-state index in [2.05, 4.69) is 30.5 Å². The quantitative estimate of drug-likeness (QED) is 0.584. The number of fused-ring (bicyclic) bond motifs is 1. The SMILES string of the molecule is CCN1CCc2cc(-c3nc(Nc4ccc(CN5CCNCC5)cn4)ncc3F)ccc2C1=O. The molecule has 0 atom stereocenters. The average molecular weight is 462 g/mol. The Morgan fingerprint density at radius 3 is 2.71 bits per heavy atom. The van der Waals surface area contributed by atoms with Crippen LogP contribution in [-0.2, 0) is 13.0 Å². The van der Waals surface area contributed by atoms with Gasteiger partial charge in [-0.1, -0.05) is 12.1 Å². The molecule has 0 saturated carbocycles. The first-order valence-electron chi connectivity index (χ1n) is 11.7. The van der Waals surface area contributed by atoms with Gasteiger partial charge in [-0.05, 0) is 42.7 Å². The lowest BCUT2D eigenvalue weighted by atomic mass is 9.95. The minimum absolute atomic E-state index is 0.0206. The Bertz CT molecular complexity index is 1180. The fourth-order valence-corrected chi connectivity index (χ4v) is 4.45. The Balaban J connectivity index is 1.32. The Morgan fingerprint density at radius 1 is 1.09 bits per heavy atom. The maximum atomic E-state index is 14.6. The number of likely N-dealkylation sites (N-methyl/N-ethyl adjacent to an activating group) is 1. The van der Waals surface area contributed by atoms with Crippen LogP contribution in [0.4, 0.5) is 16.2 Å². The van der Waals surface area contributed by atoms with E-state index in [4.69, 9.17) is 0 Å². The monoisotopic (exact) mass is 461 g/mol. The first kappa shape index (κ1) is 22.4. The van der Waals surface area contributed by atoms with Crippen molar-refractivity contribution in [3.05, 3.63) is 65.2 Å². The van der Waals surface area contributed by atoms with E-state index < -0.39 is 5.82 Å². The Hall–Kier alpha value is -3.43. The molecular formula is C25H28FN7O. The fraction of sp³-hybridized carbons (Fsp3) is 0.360. The first-order valence-corrected chi connectivity index (χ1v) is 11.7. The third-order valence-electron chi connectivity index (χ3n) is 6.35. The van der Waals surface area contributed by atoms with E-state index in [1.165, 1.54) is 0 Å². The van der Waals surface area contributed by atoms with E-state index >= 15 is 0 Å². The molecule has 0 aliphatic carbocycles. The van der Waals surface area contributed by atoms with Crippen molar-refractivity contribution in [1.29, 1.82) is 0 Å². The third kappa shape index (κ3) is 4.76. The molecule has 5 rings (SSSR count). The molecule has 9 heteroatoms. The second-order valence-electron chi connectivity index (χ2n) is 8.60. The zero-order valence-corrected chi connectivity index (χ0v) is 19.2. The number of rotatable bonds is 6. The largest absolute Gasteiger partial charge is 0.339 e. The molecule has 8 nitrogen and oxygen atoms in total. The number of piperazine rings is 1. The van der Waals surface area contributed by atoms with Gasteiger partial charge in [-0.25, -0.2) is 19.3 Å². The van der Waals surface area contributed by atoms with E-state index in [1.807, 2.05) is 36.2 Å². The molecule has 4 heterocycles. The summed E-state index contributed by atoms with van der Waals surface area (Å²) in [5.41, 5.74) is 3.55. The predicted octanol–water partition coefficient (Wildman–Crippen LogP) is 2.84. The van der Waals surface area contributed by atoms with Crippen LogP contribution in [0.2, 0.25) is 0 Å². The maximum absolute atomic E-state index is 14.6. The zero-order chi connectivity index (χ0) is 23.5. The number of hydrogen-bond donors (Lipinski definition) is 2. The van der Waals surface area contributed by atoms with Crippen LogP contribution in [0.15, 0.2) is 42.7 Å². The first-order chi connectivity index (χ1) is 16.6. The van der Waals surface area contributed by atoms with Gasteiger partial charge in [0, 0.05) is 63.1 Å². The van der Waals surface area contributed by atoms with Gasteiger partial charge in [-0.3, -0.25) is 9.69 Å². The highest BCUT2D eigenvalue weighted by Gasteiger charge is 2.24. The Labute approximate surface area is 198 Å². The van der Waals surface area contributed by atoms with Crippen molar-refractivity contribution in [3.63, 3.8) is 0 Å². The summed E-state index contributed by atoms with van der Waals surface area (Å²) in [5, 5.41) is 6.42. The van der Waals surface area contributed by atoms with Gasteiger partial charge < -0.3 is 15.5 Å². The number of halogens is 1. The minimum atomic E-state index is -0.512. The number of anilines is 2. The molecule has 1 fully saturated rings. The highest BCUT2D eigenvalue weighted by atomic mass is 19.1. The lowest BCUT2D eigenvalue weighted by Crippen LogP contribution is -2.42. The van der Waals surface area contributed by atoms with Gasteiger partial charge in [0.15, 0.2) is 5.82 Å². The number of hydrogen-bond acceptors (Lipinski definition) is 7. The van der Waals surface area contributed by atoms with Crippen molar-refractivity contribution in [2.75, 3.05) is 44.6 Å². The number of benzene rings is 1. The third-order valence-corrected chi connectivity index (χ3v) is 6.35. The summed E-state index contributed by atoms with van der Waals surface area (Å²) >= 11 is 0. The Kier molecular flexibility index (Phi) is 6.46. The van der Waals surface area contributed by atoms with E-state index in [0.29, 0.717) is 30.0 Å². The van der Waals surface area contributed by atoms with Crippen LogP contribution in [0.3, 0.4) is 0 Å². The van der Waals surface area contributed by atoms with Crippen molar-refractivity contribution in [3.8, 4) is 11.3 Å². The van der Waals surface area contributed by atoms with Crippen molar-refractivity contribution < 1.29 is 9.18 Å². The summed E-state index contributed by atoms with van der Waals surface area (Å²) in [4.78, 5) is 29.7. The van der Waals surface area contributed by atoms with Crippen molar-refractivity contribution >= 4 is 17.7 Å². The van der Waals surface area contributed by atoms with Gasteiger partial charge in [0.2, 0.25) is 5.95 Å². The molecule has 176 valence electrons. The van der Waals surface area contributed by atoms with Crippen LogP contribution < -0.4 is 10.6 Å². The van der Waals surface area contributed by atoms with Gasteiger partial charge >= 0.3 is 0 Å². The molecule has 0 bridgehead atoms. The zero-order valence-electron chi connectivity index (χ0n) is 19.2. The van der Waals surface area contributed by atoms with E-state index in [0.717, 1.165) is 56.5 Å². The molecule has 2 N–H and O–H groups in total. The fourth-order valence-electron chi connectivity index (χ4n) is 4.45. The van der Waals surface area contributed by atoms with Gasteiger partial charge in [0.1, 0.15) is 11.5 Å². The molecule has 1 aromatic carbocycles. The normalized spacial score (nSPS) is 16.4. The molecule has 2 aliphatic heterocycles. The summed E-state index contributed by atoms with van der Waals surface area (Å²) in [7, 11) is 0. The number of carbonyl (C=O) groups is 1. The van der Waals surface area contributed by atoms with Gasteiger partial charge in [0.05, 0.1) is 6.20 Å². The maximum Gasteiger partial charge on any atom is 0.254 e. The smallest absolute Gasteiger partial charge is 0.254 e. The summed E-state index contributed by atoms with van der Waals surface area (Å²) in [6.45, 7) is 8.26. The summed E-state index contributed by atoms with van der Waals surface area (Å²) in [6.07, 6.45) is 3.74. The molecule has 0 radical (unpaired) electrons. The number of nitrogens with one attached hydrogen (secondary N) is 2. The summed E-state index contributed by atoms with van der Waals surface area (Å²) < 4.78 is 14.6. The highest BCUT2D eigenvalue weighted by molar-refractivity contribution is 5.97. The number of aromatic nitrogens is 3. The summed E-state index contributed by atoms with van der Waals surface area (Å²) in [6, 6.07) is 9.28. The molecule has 1 saturated heterocycles. The molecule has 2 aliphatic rings. The van der Waals surface area contributed by atoms with Crippen molar-refractivity contribution in [2.45, 2.75) is 19.9 Å². The van der Waals surface area contributed by atoms with E-state index in [1.54, 1.807) is 12.1 Å². The van der Waals surface area contributed by atoms with Crippen LogP contribution in [0.25, 0.3) is 11.3 Å². The second kappa shape index (κ2) is 9.82. The average Bonchev–Trinajstić information content (AvgIpc) is 2.87. The van der Waals surface area contributed by atoms with Gasteiger partial charge in [0.25, 0.3) is 5.91 Å². The minimum Gasteiger partial charge on any atom is -0.339 e. The highest BCUT2D eigenvalue weighted by Crippen LogP contribution is 2.27. The lowest BCUT2D eigenvalue weighted by molar-refractivity contribution is 0.0749. The topological polar surface area (TPSA) is 86.3 Å². The number of nitrogens with zero attached hydrogens (tertiary/aromatic N) is 5. The van der Waals surface area contributed by atoms with Gasteiger partial charge in [-0.15, -0.1) is 0 Å². The standard InChI is InChI=1S/C25H28FN7O/c1-2-33-10-7-18-13-19(4-5-20(18)24(33)34)23-21(26)15-29-25(31-23)30-22-6-3-17(14-28-22)16-32-11-8-27-9-12-32/h3-6,13-15,27H,2,7-12,16H2,1H3,(H,28,29,30,31). The molecule has 2 aromatic heterocycles. The lowest BCUT2D eigenvalue weighted by Gasteiger charge is -2.27. The number of amides is 1. The van der Waals surface area contributed by atoms with Crippen LogP contribution in [0.5, 0.6) is 0 Å². The second-order valence-corrected chi connectivity index (χ2v) is 8.60. The van der Waals surface area contributed by atoms with Crippen LogP contribution in [-0.4, -0.2) is 69.9 Å². The Morgan fingerprint density at radius 2 is 1.94 bits per heavy atom. The molecular weight excluding hydrogens is 433 g/mol. The van der Waals surface area contributed by atoms with Crippen LogP contribution >= 0.6 is 0 Å². The molecule has 3 aromatic rings. The van der Waals surface area contributed by atoms with Crippen LogP contribution in [0, 0.1) is 5.82 Å². The number of carbonyl (C=O) groups excluding carboxylic acids is 1. The van der Waals surface area contributed by atoms with E-state index in [9.17, 15) is 9.18 Å². The van der Waals surface area contributed by atoms with Crippen molar-refractivity contribution in [1.82, 2.24) is 30.1 Å². The molecule has 0 unspecified atom stereocenters. The van der Waals surface area contributed by atoms with E-state index in [-0.39, 0.29) is 17.5 Å². The van der Waals surface area contributed by atoms with Crippen LogP contribution in [0.1, 0.15) is 28.4 Å². The van der Waals surface area contributed by atoms with Crippen molar-refractivity contribution in [2.24, 2.45) is 0 Å². The predicted molar refractivity (Wildman–Crippen MR) is 128 cm³/mol. The molecule has 1 amide bonds. The molecule has 0 spiro atoms.